The SMILES string of the molecule is COc1ccc(C(O)=C2C(=O)C(=O)N(C)[C@@H]2c2ccc(F)cc2)cc1. The van der Waals surface area contributed by atoms with E-state index in [2.05, 4.69) is 0 Å². The second-order valence-electron chi connectivity index (χ2n) is 5.69. The summed E-state index contributed by atoms with van der Waals surface area (Å²) in [5.74, 6) is -1.59. The monoisotopic (exact) mass is 341 g/mol. The average molecular weight is 341 g/mol. The molecule has 5 nitrogen and oxygen atoms in total. The Morgan fingerprint density at radius 1 is 1.08 bits per heavy atom. The van der Waals surface area contributed by atoms with E-state index in [9.17, 15) is 19.1 Å². The first-order valence-corrected chi connectivity index (χ1v) is 7.58. The second-order valence-corrected chi connectivity index (χ2v) is 5.69. The fourth-order valence-corrected chi connectivity index (χ4v) is 2.89. The lowest BCUT2D eigenvalue weighted by Gasteiger charge is -2.21. The minimum absolute atomic E-state index is 0.0238. The van der Waals surface area contributed by atoms with Crippen molar-refractivity contribution in [2.75, 3.05) is 14.2 Å². The molecule has 1 saturated heterocycles. The van der Waals surface area contributed by atoms with Crippen molar-refractivity contribution in [3.63, 3.8) is 0 Å². The normalized spacial score (nSPS) is 19.3. The molecule has 1 aliphatic heterocycles. The van der Waals surface area contributed by atoms with E-state index in [-0.39, 0.29) is 11.3 Å². The molecule has 0 saturated carbocycles. The number of rotatable bonds is 3. The molecule has 1 heterocycles. The Labute approximate surface area is 144 Å². The number of Topliss-reactive ketones (excluding diaryl/α,β-unsaturated/α-hetero) is 1. The van der Waals surface area contributed by atoms with Crippen molar-refractivity contribution in [1.29, 1.82) is 0 Å². The maximum Gasteiger partial charge on any atom is 0.295 e. The van der Waals surface area contributed by atoms with Gasteiger partial charge in [-0.25, -0.2) is 4.39 Å². The van der Waals surface area contributed by atoms with Crippen LogP contribution in [0.2, 0.25) is 0 Å². The molecule has 1 aliphatic rings. The Kier molecular flexibility index (Phi) is 4.27. The number of benzene rings is 2. The molecule has 6 heteroatoms. The summed E-state index contributed by atoms with van der Waals surface area (Å²) in [4.78, 5) is 25.8. The largest absolute Gasteiger partial charge is 0.507 e. The van der Waals surface area contributed by atoms with E-state index in [0.29, 0.717) is 16.9 Å². The predicted molar refractivity (Wildman–Crippen MR) is 89.5 cm³/mol. The molecule has 2 aromatic rings. The molecule has 1 atom stereocenters. The third-order valence-electron chi connectivity index (χ3n) is 4.22. The predicted octanol–water partition coefficient (Wildman–Crippen LogP) is 2.89. The van der Waals surface area contributed by atoms with E-state index < -0.39 is 23.5 Å². The lowest BCUT2D eigenvalue weighted by molar-refractivity contribution is -0.139. The number of hydrogen-bond donors (Lipinski definition) is 1. The molecule has 1 fully saturated rings. The van der Waals surface area contributed by atoms with Crippen LogP contribution in [0.15, 0.2) is 54.1 Å². The molecule has 128 valence electrons. The van der Waals surface area contributed by atoms with Crippen LogP contribution in [0.4, 0.5) is 4.39 Å². The molecule has 2 aromatic carbocycles. The Balaban J connectivity index is 2.12. The zero-order valence-electron chi connectivity index (χ0n) is 13.7. The van der Waals surface area contributed by atoms with E-state index in [0.717, 1.165) is 0 Å². The van der Waals surface area contributed by atoms with Gasteiger partial charge < -0.3 is 14.7 Å². The Morgan fingerprint density at radius 2 is 1.68 bits per heavy atom. The Bertz CT molecular complexity index is 856. The highest BCUT2D eigenvalue weighted by Crippen LogP contribution is 2.38. The number of likely N-dealkylation sites (N-methyl/N-ethyl adjacent to an activating group) is 1. The van der Waals surface area contributed by atoms with Crippen molar-refractivity contribution in [3.05, 3.63) is 71.0 Å². The highest BCUT2D eigenvalue weighted by atomic mass is 19.1. The van der Waals surface area contributed by atoms with E-state index in [4.69, 9.17) is 4.74 Å². The van der Waals surface area contributed by atoms with Crippen LogP contribution in [-0.4, -0.2) is 35.9 Å². The minimum atomic E-state index is -0.775. The third-order valence-corrected chi connectivity index (χ3v) is 4.22. The Morgan fingerprint density at radius 3 is 2.24 bits per heavy atom. The molecule has 0 aromatic heterocycles. The van der Waals surface area contributed by atoms with Crippen LogP contribution in [0.3, 0.4) is 0 Å². The smallest absolute Gasteiger partial charge is 0.295 e. The first-order chi connectivity index (χ1) is 11.9. The molecular formula is C19H16FNO4. The molecule has 3 rings (SSSR count). The van der Waals surface area contributed by atoms with Gasteiger partial charge in [-0.05, 0) is 42.0 Å². The molecule has 0 radical (unpaired) electrons. The lowest BCUT2D eigenvalue weighted by Crippen LogP contribution is -2.24. The molecule has 1 amide bonds. The molecule has 0 aliphatic carbocycles. The van der Waals surface area contributed by atoms with Crippen LogP contribution in [-0.2, 0) is 9.59 Å². The summed E-state index contributed by atoms with van der Waals surface area (Å²) < 4.78 is 18.3. The third kappa shape index (κ3) is 2.87. The first kappa shape index (κ1) is 16.7. The number of carbonyl (C=O) groups is 2. The summed E-state index contributed by atoms with van der Waals surface area (Å²) in [6.45, 7) is 0. The van der Waals surface area contributed by atoms with Gasteiger partial charge in [-0.3, -0.25) is 9.59 Å². The topological polar surface area (TPSA) is 66.8 Å². The van der Waals surface area contributed by atoms with Gasteiger partial charge in [0.25, 0.3) is 11.7 Å². The number of amides is 1. The van der Waals surface area contributed by atoms with Gasteiger partial charge in [0.2, 0.25) is 0 Å². The lowest BCUT2D eigenvalue weighted by atomic mass is 9.95. The van der Waals surface area contributed by atoms with Gasteiger partial charge in [0.1, 0.15) is 17.3 Å². The Hall–Kier alpha value is -3.15. The maximum absolute atomic E-state index is 13.2. The zero-order chi connectivity index (χ0) is 18.1. The van der Waals surface area contributed by atoms with Crippen LogP contribution in [0.1, 0.15) is 17.2 Å². The average Bonchev–Trinajstić information content (AvgIpc) is 2.86. The van der Waals surface area contributed by atoms with Crippen molar-refractivity contribution in [2.24, 2.45) is 0 Å². The number of aliphatic hydroxyl groups excluding tert-OH is 1. The summed E-state index contributed by atoms with van der Waals surface area (Å²) in [6, 6.07) is 11.2. The quantitative estimate of drug-likeness (QED) is 0.530. The van der Waals surface area contributed by atoms with Crippen molar-refractivity contribution >= 4 is 17.4 Å². The van der Waals surface area contributed by atoms with Crippen molar-refractivity contribution in [3.8, 4) is 5.75 Å². The number of methoxy groups -OCH3 is 1. The second kappa shape index (κ2) is 6.39. The van der Waals surface area contributed by atoms with Gasteiger partial charge in [-0.15, -0.1) is 0 Å². The summed E-state index contributed by atoms with van der Waals surface area (Å²) in [6.07, 6.45) is 0. The van der Waals surface area contributed by atoms with E-state index >= 15 is 0 Å². The number of halogens is 1. The van der Waals surface area contributed by atoms with E-state index in [1.54, 1.807) is 24.3 Å². The molecule has 25 heavy (non-hydrogen) atoms. The fourth-order valence-electron chi connectivity index (χ4n) is 2.89. The number of nitrogens with zero attached hydrogens (tertiary/aromatic N) is 1. The number of hydrogen-bond acceptors (Lipinski definition) is 4. The van der Waals surface area contributed by atoms with Gasteiger partial charge >= 0.3 is 0 Å². The van der Waals surface area contributed by atoms with Crippen molar-refractivity contribution < 1.29 is 23.8 Å². The highest BCUT2D eigenvalue weighted by molar-refractivity contribution is 6.46. The van der Waals surface area contributed by atoms with Gasteiger partial charge in [0.05, 0.1) is 18.7 Å². The fraction of sp³-hybridized carbons (Fsp3) is 0.158. The molecule has 0 unspecified atom stereocenters. The summed E-state index contributed by atoms with van der Waals surface area (Å²) in [5.41, 5.74) is 0.904. The zero-order valence-corrected chi connectivity index (χ0v) is 13.7. The van der Waals surface area contributed by atoms with Gasteiger partial charge in [0.15, 0.2) is 0 Å². The summed E-state index contributed by atoms with van der Waals surface area (Å²) in [7, 11) is 2.99. The van der Waals surface area contributed by atoms with Crippen LogP contribution in [0.25, 0.3) is 5.76 Å². The number of ether oxygens (including phenoxy) is 1. The number of likely N-dealkylation sites (tertiary alicyclic amines) is 1. The number of carbonyl (C=O) groups excluding carboxylic acids is 2. The van der Waals surface area contributed by atoms with E-state index in [1.807, 2.05) is 0 Å². The molecule has 0 spiro atoms. The van der Waals surface area contributed by atoms with Crippen molar-refractivity contribution in [1.82, 2.24) is 4.90 Å². The number of aliphatic hydroxyl groups is 1. The van der Waals surface area contributed by atoms with Crippen LogP contribution < -0.4 is 4.74 Å². The summed E-state index contributed by atoms with van der Waals surface area (Å²) >= 11 is 0. The van der Waals surface area contributed by atoms with Crippen LogP contribution in [0.5, 0.6) is 5.75 Å². The first-order valence-electron chi connectivity index (χ1n) is 7.58. The van der Waals surface area contributed by atoms with Gasteiger partial charge in [-0.2, -0.15) is 0 Å². The minimum Gasteiger partial charge on any atom is -0.507 e. The molecule has 1 N–H and O–H groups in total. The standard InChI is InChI=1S/C19H16FNO4/c1-21-16(11-3-7-13(20)8-4-11)15(18(23)19(21)24)17(22)12-5-9-14(25-2)10-6-12/h3-10,16,22H,1-2H3/t16-/m1/s1. The summed E-state index contributed by atoms with van der Waals surface area (Å²) in [5, 5.41) is 10.6. The van der Waals surface area contributed by atoms with Gasteiger partial charge in [-0.1, -0.05) is 12.1 Å². The van der Waals surface area contributed by atoms with Crippen molar-refractivity contribution in [2.45, 2.75) is 6.04 Å². The van der Waals surface area contributed by atoms with E-state index in [1.165, 1.54) is 43.3 Å². The van der Waals surface area contributed by atoms with Gasteiger partial charge in [0, 0.05) is 12.6 Å². The number of ketones is 1. The van der Waals surface area contributed by atoms with Crippen LogP contribution in [0, 0.1) is 5.82 Å². The highest BCUT2D eigenvalue weighted by Gasteiger charge is 2.44. The molecular weight excluding hydrogens is 325 g/mol. The van der Waals surface area contributed by atoms with Crippen LogP contribution >= 0.6 is 0 Å². The maximum atomic E-state index is 13.2. The molecule has 0 bridgehead atoms.